The molecule has 1 atom stereocenters. The fraction of sp³-hybridized carbons (Fsp3) is 0.240. The lowest BCUT2D eigenvalue weighted by atomic mass is 10.2. The van der Waals surface area contributed by atoms with Crippen molar-refractivity contribution in [3.8, 4) is 11.5 Å². The van der Waals surface area contributed by atoms with Gasteiger partial charge in [0.25, 0.3) is 11.8 Å². The zero-order valence-electron chi connectivity index (χ0n) is 20.6. The molecule has 0 aliphatic heterocycles. The van der Waals surface area contributed by atoms with Gasteiger partial charge in [-0.25, -0.2) is 13.8 Å². The van der Waals surface area contributed by atoms with Gasteiger partial charge in [-0.2, -0.15) is 5.10 Å². The van der Waals surface area contributed by atoms with Crippen LogP contribution in [0.15, 0.2) is 76.4 Å². The summed E-state index contributed by atoms with van der Waals surface area (Å²) in [5, 5.41) is 6.60. The highest BCUT2D eigenvalue weighted by Crippen LogP contribution is 2.23. The SMILES string of the molecule is COc1ccc(N(C(C)C(=O)NN=Cc2ccc(OCC(=O)NCc3ccco3)cc2)S(C)(=O)=O)cc1. The molecule has 11 nitrogen and oxygen atoms in total. The largest absolute Gasteiger partial charge is 0.497 e. The van der Waals surface area contributed by atoms with Crippen LogP contribution in [0, 0.1) is 0 Å². The predicted octanol–water partition coefficient (Wildman–Crippen LogP) is 2.29. The van der Waals surface area contributed by atoms with Crippen molar-refractivity contribution in [2.75, 3.05) is 24.3 Å². The summed E-state index contributed by atoms with van der Waals surface area (Å²) in [6.07, 6.45) is 3.96. The standard InChI is InChI=1S/C25H28N4O7S/c1-18(29(37(3,32)33)20-8-12-21(34-2)13-9-20)25(31)28-27-15-19-6-10-22(11-7-19)36-17-24(30)26-16-23-5-4-14-35-23/h4-15,18H,16-17H2,1-3H3,(H,26,30)(H,28,31). The Morgan fingerprint density at radius 3 is 2.35 bits per heavy atom. The second-order valence-electron chi connectivity index (χ2n) is 7.88. The third-order valence-corrected chi connectivity index (χ3v) is 6.34. The van der Waals surface area contributed by atoms with E-state index in [1.807, 2.05) is 0 Å². The number of benzene rings is 2. The smallest absolute Gasteiger partial charge is 0.263 e. The van der Waals surface area contributed by atoms with E-state index in [2.05, 4.69) is 15.8 Å². The summed E-state index contributed by atoms with van der Waals surface area (Å²) in [5.74, 6) is 0.771. The molecule has 0 radical (unpaired) electrons. The number of methoxy groups -OCH3 is 1. The second kappa shape index (κ2) is 12.6. The summed E-state index contributed by atoms with van der Waals surface area (Å²) < 4.78 is 41.5. The van der Waals surface area contributed by atoms with Crippen LogP contribution in [0.3, 0.4) is 0 Å². The second-order valence-corrected chi connectivity index (χ2v) is 9.74. The highest BCUT2D eigenvalue weighted by atomic mass is 32.2. The summed E-state index contributed by atoms with van der Waals surface area (Å²) in [5.41, 5.74) is 3.33. The van der Waals surface area contributed by atoms with Gasteiger partial charge in [-0.1, -0.05) is 0 Å². The molecule has 3 rings (SSSR count). The Hall–Kier alpha value is -4.32. The minimum Gasteiger partial charge on any atom is -0.497 e. The molecular formula is C25H28N4O7S. The van der Waals surface area contributed by atoms with Crippen molar-refractivity contribution in [2.24, 2.45) is 5.10 Å². The number of sulfonamides is 1. The van der Waals surface area contributed by atoms with Crippen LogP contribution in [0.25, 0.3) is 0 Å². The summed E-state index contributed by atoms with van der Waals surface area (Å²) in [4.78, 5) is 24.5. The van der Waals surface area contributed by atoms with Crippen molar-refractivity contribution in [2.45, 2.75) is 19.5 Å². The van der Waals surface area contributed by atoms with Crippen LogP contribution in [-0.2, 0) is 26.2 Å². The Bertz CT molecular complexity index is 1310. The van der Waals surface area contributed by atoms with E-state index in [9.17, 15) is 18.0 Å². The Balaban J connectivity index is 1.51. The predicted molar refractivity (Wildman–Crippen MR) is 138 cm³/mol. The molecule has 0 fully saturated rings. The highest BCUT2D eigenvalue weighted by Gasteiger charge is 2.29. The average molecular weight is 529 g/mol. The minimum atomic E-state index is -3.76. The summed E-state index contributed by atoms with van der Waals surface area (Å²) in [6, 6.07) is 15.4. The average Bonchev–Trinajstić information content (AvgIpc) is 3.40. The fourth-order valence-corrected chi connectivity index (χ4v) is 4.43. The van der Waals surface area contributed by atoms with Crippen molar-refractivity contribution in [1.82, 2.24) is 10.7 Å². The van der Waals surface area contributed by atoms with Crippen LogP contribution < -0.4 is 24.5 Å². The lowest BCUT2D eigenvalue weighted by molar-refractivity contribution is -0.123. The molecule has 2 N–H and O–H groups in total. The Morgan fingerprint density at radius 1 is 1.08 bits per heavy atom. The molecule has 0 bridgehead atoms. The molecule has 1 unspecified atom stereocenters. The number of nitrogens with one attached hydrogen (secondary N) is 2. The number of ether oxygens (including phenoxy) is 2. The van der Waals surface area contributed by atoms with Crippen molar-refractivity contribution in [1.29, 1.82) is 0 Å². The quantitative estimate of drug-likeness (QED) is 0.272. The van der Waals surface area contributed by atoms with E-state index < -0.39 is 22.0 Å². The van der Waals surface area contributed by atoms with E-state index in [1.165, 1.54) is 26.5 Å². The van der Waals surface area contributed by atoms with Crippen LogP contribution in [0.1, 0.15) is 18.2 Å². The van der Waals surface area contributed by atoms with Gasteiger partial charge in [-0.15, -0.1) is 0 Å². The Morgan fingerprint density at radius 2 is 1.76 bits per heavy atom. The monoisotopic (exact) mass is 528 g/mol. The van der Waals surface area contributed by atoms with Gasteiger partial charge in [0, 0.05) is 0 Å². The summed E-state index contributed by atoms with van der Waals surface area (Å²) in [6.45, 7) is 1.58. The maximum atomic E-state index is 12.6. The van der Waals surface area contributed by atoms with Crippen molar-refractivity contribution in [3.05, 3.63) is 78.3 Å². The molecule has 37 heavy (non-hydrogen) atoms. The van der Waals surface area contributed by atoms with Crippen LogP contribution in [0.5, 0.6) is 11.5 Å². The number of amides is 2. The van der Waals surface area contributed by atoms with E-state index in [4.69, 9.17) is 13.9 Å². The zero-order valence-corrected chi connectivity index (χ0v) is 21.4. The topological polar surface area (TPSA) is 140 Å². The first-order chi connectivity index (χ1) is 17.7. The summed E-state index contributed by atoms with van der Waals surface area (Å²) >= 11 is 0. The normalized spacial score (nSPS) is 12.1. The molecule has 0 aliphatic carbocycles. The van der Waals surface area contributed by atoms with E-state index in [0.29, 0.717) is 28.5 Å². The molecule has 0 saturated heterocycles. The number of carbonyl (C=O) groups is 2. The molecule has 3 aromatic rings. The molecule has 0 saturated carbocycles. The maximum Gasteiger partial charge on any atom is 0.263 e. The number of anilines is 1. The molecule has 196 valence electrons. The van der Waals surface area contributed by atoms with Crippen LogP contribution in [-0.4, -0.2) is 52.5 Å². The van der Waals surface area contributed by atoms with Gasteiger partial charge < -0.3 is 19.2 Å². The number of furan rings is 1. The minimum absolute atomic E-state index is 0.160. The molecule has 1 aromatic heterocycles. The molecule has 0 aliphatic rings. The Kier molecular flexibility index (Phi) is 9.27. The third-order valence-electron chi connectivity index (χ3n) is 5.09. The highest BCUT2D eigenvalue weighted by molar-refractivity contribution is 7.92. The number of nitrogens with zero attached hydrogens (tertiary/aromatic N) is 2. The summed E-state index contributed by atoms with van der Waals surface area (Å²) in [7, 11) is -2.26. The number of hydrazone groups is 1. The van der Waals surface area contributed by atoms with Crippen LogP contribution >= 0.6 is 0 Å². The first-order valence-electron chi connectivity index (χ1n) is 11.2. The van der Waals surface area contributed by atoms with Crippen molar-refractivity contribution >= 4 is 33.7 Å². The number of carbonyl (C=O) groups excluding carboxylic acids is 2. The van der Waals surface area contributed by atoms with Gasteiger partial charge >= 0.3 is 0 Å². The van der Waals surface area contributed by atoms with Gasteiger partial charge in [0.05, 0.1) is 38.1 Å². The molecule has 2 aromatic carbocycles. The van der Waals surface area contributed by atoms with Crippen LogP contribution in [0.4, 0.5) is 5.69 Å². The number of hydrogen-bond donors (Lipinski definition) is 2. The zero-order chi connectivity index (χ0) is 26.8. The third kappa shape index (κ3) is 8.10. The van der Waals surface area contributed by atoms with Crippen LogP contribution in [0.2, 0.25) is 0 Å². The fourth-order valence-electron chi connectivity index (χ4n) is 3.25. The van der Waals surface area contributed by atoms with Gasteiger partial charge in [0.1, 0.15) is 23.3 Å². The Labute approximate surface area is 215 Å². The van der Waals surface area contributed by atoms with E-state index in [-0.39, 0.29) is 19.1 Å². The van der Waals surface area contributed by atoms with E-state index >= 15 is 0 Å². The van der Waals surface area contributed by atoms with Crippen molar-refractivity contribution in [3.63, 3.8) is 0 Å². The van der Waals surface area contributed by atoms with E-state index in [1.54, 1.807) is 60.7 Å². The molecule has 2 amide bonds. The first-order valence-corrected chi connectivity index (χ1v) is 13.0. The molecular weight excluding hydrogens is 500 g/mol. The van der Waals surface area contributed by atoms with Gasteiger partial charge in [-0.3, -0.25) is 13.9 Å². The number of hydrogen-bond acceptors (Lipinski definition) is 8. The molecule has 1 heterocycles. The van der Waals surface area contributed by atoms with Gasteiger partial charge in [0.2, 0.25) is 10.0 Å². The lowest BCUT2D eigenvalue weighted by Gasteiger charge is -2.27. The molecule has 12 heteroatoms. The number of rotatable bonds is 12. The maximum absolute atomic E-state index is 12.6. The van der Waals surface area contributed by atoms with E-state index in [0.717, 1.165) is 10.6 Å². The first kappa shape index (κ1) is 27.3. The van der Waals surface area contributed by atoms with Gasteiger partial charge in [0.15, 0.2) is 6.61 Å². The molecule has 0 spiro atoms. The van der Waals surface area contributed by atoms with Gasteiger partial charge in [-0.05, 0) is 73.2 Å². The van der Waals surface area contributed by atoms with Crippen molar-refractivity contribution < 1.29 is 31.9 Å². The lowest BCUT2D eigenvalue weighted by Crippen LogP contribution is -2.46.